The summed E-state index contributed by atoms with van der Waals surface area (Å²) in [6, 6.07) is 9.66. The van der Waals surface area contributed by atoms with Crippen LogP contribution in [0.4, 0.5) is 13.2 Å². The van der Waals surface area contributed by atoms with E-state index in [-0.39, 0.29) is 22.5 Å². The second-order valence-electron chi connectivity index (χ2n) is 6.64. The van der Waals surface area contributed by atoms with E-state index in [1.165, 1.54) is 43.7 Å². The first-order valence-electron chi connectivity index (χ1n) is 8.88. The molecule has 0 radical (unpaired) electrons. The molecule has 0 aliphatic rings. The fraction of sp³-hybridized carbons (Fsp3) is 0.100. The third-order valence-corrected chi connectivity index (χ3v) is 4.56. The molecule has 2 N–H and O–H groups in total. The summed E-state index contributed by atoms with van der Waals surface area (Å²) in [6.45, 7) is 0. The number of carbonyl (C=O) groups is 2. The third-order valence-electron chi connectivity index (χ3n) is 4.56. The zero-order chi connectivity index (χ0) is 22.3. The average molecular weight is 429 g/mol. The topological polar surface area (TPSA) is 102 Å². The molecule has 3 heterocycles. The van der Waals surface area contributed by atoms with Gasteiger partial charge in [0.25, 0.3) is 5.91 Å². The summed E-state index contributed by atoms with van der Waals surface area (Å²) < 4.78 is 43.1. The lowest BCUT2D eigenvalue weighted by molar-refractivity contribution is -0.137. The Morgan fingerprint density at radius 1 is 1.13 bits per heavy atom. The Kier molecular flexibility index (Phi) is 4.72. The smallest absolute Gasteiger partial charge is 0.417 e. The molecule has 1 aromatic carbocycles. The van der Waals surface area contributed by atoms with Gasteiger partial charge in [0.15, 0.2) is 11.3 Å². The van der Waals surface area contributed by atoms with Crippen LogP contribution in [0.15, 0.2) is 54.9 Å². The van der Waals surface area contributed by atoms with Crippen LogP contribution < -0.4 is 5.43 Å². The van der Waals surface area contributed by atoms with Gasteiger partial charge < -0.3 is 5.11 Å². The zero-order valence-corrected chi connectivity index (χ0v) is 15.9. The first-order valence-corrected chi connectivity index (χ1v) is 8.88. The number of fused-ring (bicyclic) bond motifs is 1. The van der Waals surface area contributed by atoms with Crippen molar-refractivity contribution in [3.05, 3.63) is 71.7 Å². The molecule has 0 spiro atoms. The number of aromatic carboxylic acids is 1. The van der Waals surface area contributed by atoms with Crippen LogP contribution in [0.5, 0.6) is 0 Å². The molecule has 0 saturated carbocycles. The third kappa shape index (κ3) is 3.61. The Hall–Kier alpha value is -4.15. The molecule has 3 aromatic heterocycles. The van der Waals surface area contributed by atoms with Gasteiger partial charge in [-0.3, -0.25) is 14.9 Å². The van der Waals surface area contributed by atoms with Crippen molar-refractivity contribution in [2.45, 2.75) is 6.18 Å². The van der Waals surface area contributed by atoms with E-state index in [1.54, 1.807) is 12.1 Å². The van der Waals surface area contributed by atoms with Crippen LogP contribution in [-0.2, 0) is 13.2 Å². The van der Waals surface area contributed by atoms with Gasteiger partial charge in [-0.1, -0.05) is 18.2 Å². The number of carbonyl (C=O) groups excluding carboxylic acids is 1. The molecule has 0 saturated heterocycles. The largest absolute Gasteiger partial charge is 0.476 e. The number of rotatable bonds is 4. The van der Waals surface area contributed by atoms with Crippen LogP contribution in [0.2, 0.25) is 0 Å². The van der Waals surface area contributed by atoms with Gasteiger partial charge in [-0.15, -0.1) is 0 Å². The molecular formula is C20H14F3N5O3. The minimum absolute atomic E-state index is 0.0377. The van der Waals surface area contributed by atoms with Gasteiger partial charge in [-0.05, 0) is 24.3 Å². The lowest BCUT2D eigenvalue weighted by Gasteiger charge is -2.16. The second-order valence-corrected chi connectivity index (χ2v) is 6.64. The lowest BCUT2D eigenvalue weighted by Crippen LogP contribution is -2.25. The molecule has 8 nitrogen and oxygen atoms in total. The number of nitrogens with zero attached hydrogens (tertiary/aromatic N) is 4. The summed E-state index contributed by atoms with van der Waals surface area (Å²) in [4.78, 5) is 28.4. The quantitative estimate of drug-likeness (QED) is 0.517. The number of halogens is 3. The van der Waals surface area contributed by atoms with E-state index in [9.17, 15) is 27.9 Å². The molecule has 4 rings (SSSR count). The van der Waals surface area contributed by atoms with Crippen LogP contribution in [0.1, 0.15) is 26.4 Å². The second kappa shape index (κ2) is 7.27. The molecule has 0 fully saturated rings. The van der Waals surface area contributed by atoms with Crippen LogP contribution in [0.25, 0.3) is 22.3 Å². The Balaban J connectivity index is 1.89. The number of aromatic nitrogens is 4. The van der Waals surface area contributed by atoms with Crippen molar-refractivity contribution < 1.29 is 27.9 Å². The van der Waals surface area contributed by atoms with Gasteiger partial charge in [0.2, 0.25) is 0 Å². The Bertz CT molecular complexity index is 1320. The van der Waals surface area contributed by atoms with Gasteiger partial charge in [-0.2, -0.15) is 18.3 Å². The number of hydrogen-bond acceptors (Lipinski definition) is 4. The molecule has 1 amide bonds. The van der Waals surface area contributed by atoms with Crippen molar-refractivity contribution in [1.29, 1.82) is 0 Å². The van der Waals surface area contributed by atoms with Crippen molar-refractivity contribution in [2.24, 2.45) is 7.05 Å². The average Bonchev–Trinajstić information content (AvgIpc) is 3.28. The Morgan fingerprint density at radius 3 is 2.58 bits per heavy atom. The predicted octanol–water partition coefficient (Wildman–Crippen LogP) is 3.54. The van der Waals surface area contributed by atoms with Gasteiger partial charge in [0, 0.05) is 30.4 Å². The van der Waals surface area contributed by atoms with Gasteiger partial charge >= 0.3 is 12.1 Å². The van der Waals surface area contributed by atoms with Gasteiger partial charge in [0.1, 0.15) is 0 Å². The molecule has 0 aliphatic heterocycles. The van der Waals surface area contributed by atoms with Crippen molar-refractivity contribution in [2.75, 3.05) is 5.43 Å². The molecule has 0 aliphatic carbocycles. The molecule has 31 heavy (non-hydrogen) atoms. The number of nitrogens with one attached hydrogen (secondary N) is 1. The van der Waals surface area contributed by atoms with Crippen molar-refractivity contribution in [1.82, 2.24) is 19.4 Å². The summed E-state index contributed by atoms with van der Waals surface area (Å²) in [5.41, 5.74) is 0.914. The van der Waals surface area contributed by atoms with Crippen LogP contribution >= 0.6 is 0 Å². The summed E-state index contributed by atoms with van der Waals surface area (Å²) in [6.07, 6.45) is -1.99. The number of carboxylic acid groups (broad SMARTS) is 1. The molecule has 4 aromatic rings. The minimum atomic E-state index is -4.63. The highest BCUT2D eigenvalue weighted by Gasteiger charge is 2.34. The van der Waals surface area contributed by atoms with E-state index in [4.69, 9.17) is 0 Å². The number of amides is 1. The van der Waals surface area contributed by atoms with Crippen LogP contribution in [0, 0.1) is 0 Å². The molecule has 0 bridgehead atoms. The highest BCUT2D eigenvalue weighted by molar-refractivity contribution is 6.08. The normalized spacial score (nSPS) is 11.6. The van der Waals surface area contributed by atoms with Crippen molar-refractivity contribution in [3.8, 4) is 11.3 Å². The molecular weight excluding hydrogens is 415 g/mol. The number of benzene rings is 1. The fourth-order valence-electron chi connectivity index (χ4n) is 3.27. The minimum Gasteiger partial charge on any atom is -0.476 e. The summed E-state index contributed by atoms with van der Waals surface area (Å²) in [7, 11) is 1.45. The van der Waals surface area contributed by atoms with Gasteiger partial charge in [-0.25, -0.2) is 14.5 Å². The highest BCUT2D eigenvalue weighted by Crippen LogP contribution is 2.38. The van der Waals surface area contributed by atoms with Crippen molar-refractivity contribution in [3.63, 3.8) is 0 Å². The maximum atomic E-state index is 13.6. The molecule has 0 atom stereocenters. The van der Waals surface area contributed by atoms with E-state index < -0.39 is 29.3 Å². The lowest BCUT2D eigenvalue weighted by atomic mass is 10.0. The standard InChI is InChI=1S/C20H14F3N5O3/c1-27-10-13(16(25-27)19(30)31)18(29)26-28-15(9-11-5-4-8-24-17(11)28)12-6-2-3-7-14(12)20(21,22)23/h2-10H,1H3,(H,26,29)(H,30,31). The number of hydrogen-bond donors (Lipinski definition) is 2. The van der Waals surface area contributed by atoms with E-state index in [2.05, 4.69) is 15.5 Å². The SMILES string of the molecule is Cn1cc(C(=O)Nn2c(-c3ccccc3C(F)(F)F)cc3cccnc32)c(C(=O)O)n1. The first-order chi connectivity index (χ1) is 14.7. The summed E-state index contributed by atoms with van der Waals surface area (Å²) >= 11 is 0. The number of pyridine rings is 1. The van der Waals surface area contributed by atoms with Crippen molar-refractivity contribution >= 4 is 22.9 Å². The molecule has 11 heteroatoms. The number of carboxylic acids is 1. The molecule has 158 valence electrons. The predicted molar refractivity (Wildman–Crippen MR) is 104 cm³/mol. The Morgan fingerprint density at radius 2 is 1.87 bits per heavy atom. The van der Waals surface area contributed by atoms with E-state index in [1.807, 2.05) is 0 Å². The number of alkyl halides is 3. The van der Waals surface area contributed by atoms with E-state index in [0.29, 0.717) is 5.39 Å². The van der Waals surface area contributed by atoms with E-state index in [0.717, 1.165) is 15.4 Å². The molecule has 0 unspecified atom stereocenters. The maximum absolute atomic E-state index is 13.6. The zero-order valence-electron chi connectivity index (χ0n) is 15.9. The fourth-order valence-corrected chi connectivity index (χ4v) is 3.27. The van der Waals surface area contributed by atoms with Gasteiger partial charge in [0.05, 0.1) is 16.8 Å². The first kappa shape index (κ1) is 20.1. The van der Waals surface area contributed by atoms with Crippen LogP contribution in [-0.4, -0.2) is 36.4 Å². The summed E-state index contributed by atoms with van der Waals surface area (Å²) in [5, 5.41) is 13.5. The van der Waals surface area contributed by atoms with E-state index >= 15 is 0 Å². The maximum Gasteiger partial charge on any atom is 0.417 e. The van der Waals surface area contributed by atoms with Crippen LogP contribution in [0.3, 0.4) is 0 Å². The monoisotopic (exact) mass is 429 g/mol. The number of aryl methyl sites for hydroxylation is 1. The summed E-state index contributed by atoms with van der Waals surface area (Å²) in [5.74, 6) is -2.27. The highest BCUT2D eigenvalue weighted by atomic mass is 19.4. The Labute approximate surface area is 172 Å².